The van der Waals surface area contributed by atoms with Crippen LogP contribution in [-0.4, -0.2) is 35.8 Å². The molecule has 0 saturated carbocycles. The summed E-state index contributed by atoms with van der Waals surface area (Å²) in [4.78, 5) is 2.43. The Morgan fingerprint density at radius 3 is 2.77 bits per heavy atom. The molecule has 1 saturated heterocycles. The Morgan fingerprint density at radius 2 is 2.15 bits per heavy atom. The Balaban J connectivity index is 1.93. The van der Waals surface area contributed by atoms with E-state index >= 15 is 0 Å². The van der Waals surface area contributed by atoms with Gasteiger partial charge in [-0.1, -0.05) is 0 Å². The molecule has 3 nitrogen and oxygen atoms in total. The van der Waals surface area contributed by atoms with E-state index in [-0.39, 0.29) is 0 Å². The number of morpholine rings is 1. The highest BCUT2D eigenvalue weighted by Crippen LogP contribution is 2.06. The van der Waals surface area contributed by atoms with E-state index in [0.717, 1.165) is 32.8 Å². The average molecular weight is 180 g/mol. The largest absolute Gasteiger partial charge is 0.379 e. The van der Waals surface area contributed by atoms with Crippen LogP contribution >= 0.6 is 0 Å². The van der Waals surface area contributed by atoms with Gasteiger partial charge in [-0.25, -0.2) is 0 Å². The zero-order chi connectivity index (χ0) is 9.10. The van der Waals surface area contributed by atoms with Crippen LogP contribution in [0.4, 0.5) is 0 Å². The van der Waals surface area contributed by atoms with E-state index in [9.17, 15) is 0 Å². The summed E-state index contributed by atoms with van der Waals surface area (Å²) in [5, 5.41) is 0. The molecular formula is C10H16N2O. The van der Waals surface area contributed by atoms with Crippen LogP contribution in [0.3, 0.4) is 0 Å². The topological polar surface area (TPSA) is 17.4 Å². The predicted octanol–water partition coefficient (Wildman–Crippen LogP) is 0.857. The minimum atomic E-state index is 0.879. The summed E-state index contributed by atoms with van der Waals surface area (Å²) >= 11 is 0. The molecule has 2 heterocycles. The quantitative estimate of drug-likeness (QED) is 0.671. The summed E-state index contributed by atoms with van der Waals surface area (Å²) in [6.07, 6.45) is 2.09. The van der Waals surface area contributed by atoms with Crippen molar-refractivity contribution >= 4 is 0 Å². The minimum Gasteiger partial charge on any atom is -0.379 e. The van der Waals surface area contributed by atoms with Crippen molar-refractivity contribution in [1.29, 1.82) is 0 Å². The van der Waals surface area contributed by atoms with Crippen molar-refractivity contribution in [2.75, 3.05) is 26.3 Å². The van der Waals surface area contributed by atoms with E-state index < -0.39 is 0 Å². The monoisotopic (exact) mass is 180 g/mol. The van der Waals surface area contributed by atoms with E-state index in [0.29, 0.717) is 0 Å². The van der Waals surface area contributed by atoms with Crippen LogP contribution in [0.1, 0.15) is 5.69 Å². The zero-order valence-electron chi connectivity index (χ0n) is 8.07. The van der Waals surface area contributed by atoms with Gasteiger partial charge < -0.3 is 9.30 Å². The fraction of sp³-hybridized carbons (Fsp3) is 0.600. The molecule has 0 amide bonds. The van der Waals surface area contributed by atoms with Crippen LogP contribution in [0.5, 0.6) is 0 Å². The van der Waals surface area contributed by atoms with Crippen molar-refractivity contribution in [3.63, 3.8) is 0 Å². The van der Waals surface area contributed by atoms with Crippen LogP contribution in [0, 0.1) is 0 Å². The van der Waals surface area contributed by atoms with E-state index in [1.54, 1.807) is 0 Å². The Morgan fingerprint density at radius 1 is 1.38 bits per heavy atom. The van der Waals surface area contributed by atoms with Crippen LogP contribution < -0.4 is 0 Å². The first kappa shape index (κ1) is 8.78. The first-order valence-electron chi connectivity index (χ1n) is 4.76. The number of nitrogens with zero attached hydrogens (tertiary/aromatic N) is 2. The van der Waals surface area contributed by atoms with Crippen LogP contribution in [0.2, 0.25) is 0 Å². The lowest BCUT2D eigenvalue weighted by Gasteiger charge is -2.26. The molecule has 0 N–H and O–H groups in total. The third kappa shape index (κ3) is 2.11. The van der Waals surface area contributed by atoms with Gasteiger partial charge in [0.15, 0.2) is 0 Å². The second-order valence-corrected chi connectivity index (χ2v) is 3.50. The summed E-state index contributed by atoms with van der Waals surface area (Å²) < 4.78 is 7.48. The summed E-state index contributed by atoms with van der Waals surface area (Å²) in [7, 11) is 2.09. The van der Waals surface area contributed by atoms with Crippen molar-refractivity contribution in [3.05, 3.63) is 24.0 Å². The number of ether oxygens (including phenoxy) is 1. The Kier molecular flexibility index (Phi) is 2.66. The van der Waals surface area contributed by atoms with Gasteiger partial charge in [0, 0.05) is 38.6 Å². The lowest BCUT2D eigenvalue weighted by atomic mass is 10.3. The van der Waals surface area contributed by atoms with Gasteiger partial charge in [0.05, 0.1) is 13.2 Å². The highest BCUT2D eigenvalue weighted by molar-refractivity contribution is 5.06. The van der Waals surface area contributed by atoms with Gasteiger partial charge >= 0.3 is 0 Å². The molecule has 2 rings (SSSR count). The molecule has 0 aliphatic carbocycles. The van der Waals surface area contributed by atoms with E-state index in [1.165, 1.54) is 5.69 Å². The number of hydrogen-bond donors (Lipinski definition) is 0. The molecule has 1 aromatic rings. The fourth-order valence-corrected chi connectivity index (χ4v) is 1.65. The summed E-state index contributed by atoms with van der Waals surface area (Å²) in [5.41, 5.74) is 1.38. The van der Waals surface area contributed by atoms with Gasteiger partial charge in [0.1, 0.15) is 0 Å². The molecule has 0 radical (unpaired) electrons. The third-order valence-electron chi connectivity index (χ3n) is 2.54. The van der Waals surface area contributed by atoms with E-state index in [1.807, 2.05) is 0 Å². The van der Waals surface area contributed by atoms with Gasteiger partial charge in [-0.15, -0.1) is 0 Å². The number of aromatic nitrogens is 1. The molecule has 72 valence electrons. The van der Waals surface area contributed by atoms with Crippen LogP contribution in [-0.2, 0) is 18.3 Å². The molecular weight excluding hydrogens is 164 g/mol. The highest BCUT2D eigenvalue weighted by Gasteiger charge is 2.11. The zero-order valence-corrected chi connectivity index (χ0v) is 8.07. The summed E-state index contributed by atoms with van der Waals surface area (Å²) in [6.45, 7) is 4.93. The lowest BCUT2D eigenvalue weighted by molar-refractivity contribution is 0.0333. The first-order chi connectivity index (χ1) is 6.36. The normalized spacial score (nSPS) is 19.2. The van der Waals surface area contributed by atoms with Crippen molar-refractivity contribution in [2.45, 2.75) is 6.54 Å². The maximum Gasteiger partial charge on any atom is 0.0594 e. The first-order valence-corrected chi connectivity index (χ1v) is 4.76. The van der Waals surface area contributed by atoms with Gasteiger partial charge in [-0.2, -0.15) is 0 Å². The Bertz CT molecular complexity index is 264. The lowest BCUT2D eigenvalue weighted by Crippen LogP contribution is -2.36. The van der Waals surface area contributed by atoms with E-state index in [2.05, 4.69) is 34.8 Å². The van der Waals surface area contributed by atoms with Crippen molar-refractivity contribution in [3.8, 4) is 0 Å². The average Bonchev–Trinajstić information content (AvgIpc) is 2.54. The second-order valence-electron chi connectivity index (χ2n) is 3.50. The second kappa shape index (κ2) is 3.94. The molecule has 13 heavy (non-hydrogen) atoms. The molecule has 1 fully saturated rings. The Labute approximate surface area is 78.9 Å². The molecule has 1 aliphatic rings. The standard InChI is InChI=1S/C10H16N2O/c1-11-4-2-3-10(11)9-12-5-7-13-8-6-12/h2-4H,5-9H2,1H3. The predicted molar refractivity (Wildman–Crippen MR) is 51.5 cm³/mol. The Hall–Kier alpha value is -0.800. The number of hydrogen-bond acceptors (Lipinski definition) is 2. The molecule has 0 unspecified atom stereocenters. The van der Waals surface area contributed by atoms with Gasteiger partial charge in [0.25, 0.3) is 0 Å². The third-order valence-corrected chi connectivity index (χ3v) is 2.54. The molecule has 0 aromatic carbocycles. The molecule has 0 bridgehead atoms. The number of rotatable bonds is 2. The van der Waals surface area contributed by atoms with Crippen LogP contribution in [0.15, 0.2) is 18.3 Å². The van der Waals surface area contributed by atoms with Gasteiger partial charge in [-0.05, 0) is 12.1 Å². The number of aryl methyl sites for hydroxylation is 1. The highest BCUT2D eigenvalue weighted by atomic mass is 16.5. The smallest absolute Gasteiger partial charge is 0.0594 e. The van der Waals surface area contributed by atoms with E-state index in [4.69, 9.17) is 4.74 Å². The summed E-state index contributed by atoms with van der Waals surface area (Å²) in [6, 6.07) is 4.27. The maximum atomic E-state index is 5.30. The van der Waals surface area contributed by atoms with Crippen molar-refractivity contribution < 1.29 is 4.74 Å². The molecule has 1 aliphatic heterocycles. The summed E-state index contributed by atoms with van der Waals surface area (Å²) in [5.74, 6) is 0. The maximum absolute atomic E-state index is 5.30. The molecule has 0 spiro atoms. The van der Waals surface area contributed by atoms with Gasteiger partial charge in [-0.3, -0.25) is 4.90 Å². The van der Waals surface area contributed by atoms with Crippen molar-refractivity contribution in [1.82, 2.24) is 9.47 Å². The fourth-order valence-electron chi connectivity index (χ4n) is 1.65. The van der Waals surface area contributed by atoms with Crippen molar-refractivity contribution in [2.24, 2.45) is 7.05 Å². The molecule has 3 heteroatoms. The SMILES string of the molecule is Cn1cccc1CN1CCOCC1. The van der Waals surface area contributed by atoms with Crippen LogP contribution in [0.25, 0.3) is 0 Å². The molecule has 1 aromatic heterocycles. The van der Waals surface area contributed by atoms with Gasteiger partial charge in [0.2, 0.25) is 0 Å². The molecule has 0 atom stereocenters. The minimum absolute atomic E-state index is 0.879.